The quantitative estimate of drug-likeness (QED) is 0.300. The Labute approximate surface area is 107 Å². The molecule has 0 atom stereocenters. The first-order valence-electron chi connectivity index (χ1n) is 4.28. The number of hydrogen-bond acceptors (Lipinski definition) is 5. The fraction of sp³-hybridized carbons (Fsp3) is 0. The third-order valence-electron chi connectivity index (χ3n) is 1.72. The Balaban J connectivity index is 3.16. The van der Waals surface area contributed by atoms with Crippen LogP contribution in [0.2, 0.25) is 5.02 Å². The molecule has 0 aliphatic rings. The molecule has 11 heteroatoms. The average molecular weight is 294 g/mol. The number of nitrogens with zero attached hydrogens (tertiary/aromatic N) is 2. The molecule has 0 bridgehead atoms. The zero-order valence-corrected chi connectivity index (χ0v) is 10.3. The lowest BCUT2D eigenvalue weighted by molar-refractivity contribution is -0.384. The minimum atomic E-state index is -4.02. The Kier molecular flexibility index (Phi) is 3.93. The molecule has 5 N–H and O–H groups in total. The Morgan fingerprint density at radius 3 is 2.50 bits per heavy atom. The number of rotatable bonds is 4. The first-order valence-corrected chi connectivity index (χ1v) is 6.14. The lowest BCUT2D eigenvalue weighted by Gasteiger charge is -2.04. The standard InChI is InChI=1S/C7H8ClN5O4S/c8-5-3-4(1-2-6(5)13(14)15)18(16,17)12-11-7(9)10/h1-3,12H,(H4,9,10,11). The minimum absolute atomic E-state index is 0.303. The van der Waals surface area contributed by atoms with Crippen molar-refractivity contribution in [1.29, 1.82) is 0 Å². The van der Waals surface area contributed by atoms with Gasteiger partial charge in [-0.05, 0) is 12.1 Å². The van der Waals surface area contributed by atoms with E-state index in [1.54, 1.807) is 4.83 Å². The summed E-state index contributed by atoms with van der Waals surface area (Å²) < 4.78 is 23.2. The van der Waals surface area contributed by atoms with Gasteiger partial charge in [0.25, 0.3) is 15.7 Å². The molecule has 98 valence electrons. The maximum Gasteiger partial charge on any atom is 0.287 e. The number of halogens is 1. The van der Waals surface area contributed by atoms with Crippen LogP contribution in [0.4, 0.5) is 5.69 Å². The molecule has 0 radical (unpaired) electrons. The van der Waals surface area contributed by atoms with E-state index in [-0.39, 0.29) is 9.92 Å². The van der Waals surface area contributed by atoms with Crippen LogP contribution in [0.5, 0.6) is 0 Å². The largest absolute Gasteiger partial charge is 0.369 e. The van der Waals surface area contributed by atoms with Crippen LogP contribution < -0.4 is 16.3 Å². The highest BCUT2D eigenvalue weighted by Crippen LogP contribution is 2.26. The highest BCUT2D eigenvalue weighted by Gasteiger charge is 2.19. The van der Waals surface area contributed by atoms with Crippen LogP contribution in [-0.2, 0) is 10.0 Å². The van der Waals surface area contributed by atoms with Crippen LogP contribution in [0.25, 0.3) is 0 Å². The topological polar surface area (TPSA) is 154 Å². The molecule has 0 aliphatic carbocycles. The van der Waals surface area contributed by atoms with E-state index in [1.807, 2.05) is 0 Å². The van der Waals surface area contributed by atoms with E-state index < -0.39 is 26.6 Å². The molecule has 1 aromatic carbocycles. The lowest BCUT2D eigenvalue weighted by Crippen LogP contribution is -2.29. The number of hydrazone groups is 1. The summed E-state index contributed by atoms with van der Waals surface area (Å²) in [7, 11) is -4.02. The van der Waals surface area contributed by atoms with Crippen molar-refractivity contribution in [1.82, 2.24) is 4.83 Å². The number of nitrogens with two attached hydrogens (primary N) is 2. The Hall–Kier alpha value is -2.07. The maximum atomic E-state index is 11.6. The molecule has 18 heavy (non-hydrogen) atoms. The Bertz CT molecular complexity index is 610. The van der Waals surface area contributed by atoms with Crippen LogP contribution in [0, 0.1) is 10.1 Å². The molecule has 1 aromatic rings. The number of nitro groups is 1. The number of hydrogen-bond donors (Lipinski definition) is 3. The number of benzene rings is 1. The van der Waals surface area contributed by atoms with Gasteiger partial charge in [-0.25, -0.2) is 0 Å². The molecule has 0 heterocycles. The monoisotopic (exact) mass is 293 g/mol. The maximum absolute atomic E-state index is 11.6. The number of sulfonamides is 1. The summed E-state index contributed by atoms with van der Waals surface area (Å²) in [6.07, 6.45) is 0. The first-order chi connectivity index (χ1) is 8.24. The van der Waals surface area contributed by atoms with Gasteiger partial charge in [-0.2, -0.15) is 13.2 Å². The molecular formula is C7H8ClN5O4S. The fourth-order valence-corrected chi connectivity index (χ4v) is 2.13. The second kappa shape index (κ2) is 5.06. The van der Waals surface area contributed by atoms with E-state index in [2.05, 4.69) is 5.10 Å². The fourth-order valence-electron chi connectivity index (χ4n) is 0.968. The van der Waals surface area contributed by atoms with Gasteiger partial charge in [0.15, 0.2) is 0 Å². The molecule has 0 aromatic heterocycles. The highest BCUT2D eigenvalue weighted by atomic mass is 35.5. The second-order valence-electron chi connectivity index (χ2n) is 3.00. The van der Waals surface area contributed by atoms with Gasteiger partial charge in [-0.1, -0.05) is 11.6 Å². The second-order valence-corrected chi connectivity index (χ2v) is 5.07. The molecule has 9 nitrogen and oxygen atoms in total. The van der Waals surface area contributed by atoms with Gasteiger partial charge in [0.05, 0.1) is 9.82 Å². The SMILES string of the molecule is NC(N)=NNS(=O)(=O)c1ccc([N+](=O)[O-])c(Cl)c1. The van der Waals surface area contributed by atoms with E-state index in [0.29, 0.717) is 0 Å². The number of guanidine groups is 1. The minimum Gasteiger partial charge on any atom is -0.369 e. The Morgan fingerprint density at radius 2 is 2.06 bits per heavy atom. The molecule has 0 fully saturated rings. The molecule has 0 aliphatic heterocycles. The van der Waals surface area contributed by atoms with E-state index in [1.165, 1.54) is 0 Å². The van der Waals surface area contributed by atoms with Crippen LogP contribution in [0.3, 0.4) is 0 Å². The summed E-state index contributed by atoms with van der Waals surface area (Å²) in [5, 5.41) is 13.3. The number of nitrogens with one attached hydrogen (secondary N) is 1. The molecule has 0 saturated heterocycles. The van der Waals surface area contributed by atoms with E-state index in [4.69, 9.17) is 23.1 Å². The van der Waals surface area contributed by atoms with Crippen LogP contribution in [-0.4, -0.2) is 19.3 Å². The summed E-state index contributed by atoms with van der Waals surface area (Å²) >= 11 is 5.57. The normalized spacial score (nSPS) is 10.7. The predicted octanol–water partition coefficient (Wildman–Crippen LogP) is -0.285. The van der Waals surface area contributed by atoms with Crippen molar-refractivity contribution in [3.8, 4) is 0 Å². The van der Waals surface area contributed by atoms with Crippen molar-refractivity contribution >= 4 is 33.3 Å². The van der Waals surface area contributed by atoms with Crippen molar-refractivity contribution in [2.75, 3.05) is 0 Å². The molecular weight excluding hydrogens is 286 g/mol. The van der Waals surface area contributed by atoms with E-state index >= 15 is 0 Å². The summed E-state index contributed by atoms with van der Waals surface area (Å²) in [6.45, 7) is 0. The number of nitro benzene ring substituents is 1. The molecule has 0 spiro atoms. The van der Waals surface area contributed by atoms with Crippen LogP contribution in [0.1, 0.15) is 0 Å². The van der Waals surface area contributed by atoms with Crippen LogP contribution >= 0.6 is 11.6 Å². The van der Waals surface area contributed by atoms with Gasteiger partial charge in [-0.3, -0.25) is 10.1 Å². The highest BCUT2D eigenvalue weighted by molar-refractivity contribution is 7.89. The van der Waals surface area contributed by atoms with Gasteiger partial charge < -0.3 is 11.5 Å². The van der Waals surface area contributed by atoms with Gasteiger partial charge in [0.2, 0.25) is 5.96 Å². The summed E-state index contributed by atoms with van der Waals surface area (Å²) in [4.78, 5) is 11.2. The zero-order valence-electron chi connectivity index (χ0n) is 8.70. The van der Waals surface area contributed by atoms with Gasteiger partial charge in [0.1, 0.15) is 5.02 Å². The van der Waals surface area contributed by atoms with E-state index in [0.717, 1.165) is 18.2 Å². The summed E-state index contributed by atoms with van der Waals surface area (Å²) in [5.41, 5.74) is 9.51. The Morgan fingerprint density at radius 1 is 1.44 bits per heavy atom. The smallest absolute Gasteiger partial charge is 0.287 e. The van der Waals surface area contributed by atoms with Crippen molar-refractivity contribution in [3.05, 3.63) is 33.3 Å². The molecule has 0 unspecified atom stereocenters. The average Bonchev–Trinajstić information content (AvgIpc) is 2.26. The van der Waals surface area contributed by atoms with Gasteiger partial charge in [-0.15, -0.1) is 5.10 Å². The van der Waals surface area contributed by atoms with Crippen molar-refractivity contribution in [3.63, 3.8) is 0 Å². The van der Waals surface area contributed by atoms with Crippen molar-refractivity contribution in [2.45, 2.75) is 4.90 Å². The van der Waals surface area contributed by atoms with Gasteiger partial charge in [0, 0.05) is 6.07 Å². The summed E-state index contributed by atoms with van der Waals surface area (Å²) in [6, 6.07) is 2.89. The first kappa shape index (κ1) is 14.0. The third kappa shape index (κ3) is 3.21. The van der Waals surface area contributed by atoms with Gasteiger partial charge >= 0.3 is 0 Å². The molecule has 0 amide bonds. The predicted molar refractivity (Wildman–Crippen MR) is 64.2 cm³/mol. The van der Waals surface area contributed by atoms with Crippen molar-refractivity contribution in [2.24, 2.45) is 16.6 Å². The van der Waals surface area contributed by atoms with E-state index in [9.17, 15) is 18.5 Å². The summed E-state index contributed by atoms with van der Waals surface area (Å²) in [5.74, 6) is -0.480. The molecule has 1 rings (SSSR count). The third-order valence-corrected chi connectivity index (χ3v) is 3.23. The van der Waals surface area contributed by atoms with Crippen LogP contribution in [0.15, 0.2) is 28.2 Å². The lowest BCUT2D eigenvalue weighted by atomic mass is 10.3. The zero-order chi connectivity index (χ0) is 13.9. The molecule has 0 saturated carbocycles. The van der Waals surface area contributed by atoms with Crippen molar-refractivity contribution < 1.29 is 13.3 Å².